The number of rotatable bonds is 1. The SMILES string of the molecule is Cc1cc(-c2ccccc2Cl)nc2n[nH]c(N)c12. The van der Waals surface area contributed by atoms with E-state index in [1.54, 1.807) is 0 Å². The minimum absolute atomic E-state index is 0.542. The highest BCUT2D eigenvalue weighted by molar-refractivity contribution is 6.33. The van der Waals surface area contributed by atoms with Crippen molar-refractivity contribution in [1.29, 1.82) is 0 Å². The molecule has 0 aliphatic rings. The molecule has 1 aromatic carbocycles. The number of pyridine rings is 1. The highest BCUT2D eigenvalue weighted by atomic mass is 35.5. The van der Waals surface area contributed by atoms with E-state index in [1.165, 1.54) is 0 Å². The fourth-order valence-electron chi connectivity index (χ4n) is 2.05. The minimum atomic E-state index is 0.542. The first kappa shape index (κ1) is 11.0. The van der Waals surface area contributed by atoms with Crippen molar-refractivity contribution in [3.63, 3.8) is 0 Å². The van der Waals surface area contributed by atoms with Crippen LogP contribution >= 0.6 is 11.6 Å². The highest BCUT2D eigenvalue weighted by Crippen LogP contribution is 2.30. The van der Waals surface area contributed by atoms with Gasteiger partial charge < -0.3 is 5.73 Å². The van der Waals surface area contributed by atoms with E-state index in [0.29, 0.717) is 16.5 Å². The van der Waals surface area contributed by atoms with E-state index in [-0.39, 0.29) is 0 Å². The second-order valence-corrected chi connectivity index (χ2v) is 4.55. The molecule has 0 saturated heterocycles. The van der Waals surface area contributed by atoms with Crippen LogP contribution in [0.3, 0.4) is 0 Å². The second kappa shape index (κ2) is 3.99. The molecule has 3 aromatic rings. The molecule has 0 aliphatic carbocycles. The molecule has 0 unspecified atom stereocenters. The zero-order chi connectivity index (χ0) is 12.7. The standard InChI is InChI=1S/C13H11ClN4/c1-7-6-10(8-4-2-3-5-9(8)14)16-13-11(7)12(15)17-18-13/h2-6H,1H3,(H3,15,16,17,18). The van der Waals surface area contributed by atoms with Gasteiger partial charge in [-0.25, -0.2) is 4.98 Å². The van der Waals surface area contributed by atoms with Gasteiger partial charge in [0.2, 0.25) is 0 Å². The Balaban J connectivity index is 2.29. The highest BCUT2D eigenvalue weighted by Gasteiger charge is 2.11. The Labute approximate surface area is 109 Å². The number of H-pyrrole nitrogens is 1. The molecule has 2 heterocycles. The van der Waals surface area contributed by atoms with Crippen LogP contribution in [0.1, 0.15) is 5.56 Å². The zero-order valence-electron chi connectivity index (χ0n) is 9.74. The van der Waals surface area contributed by atoms with Gasteiger partial charge in [-0.2, -0.15) is 5.10 Å². The fourth-order valence-corrected chi connectivity index (χ4v) is 2.28. The van der Waals surface area contributed by atoms with Gasteiger partial charge in [0.1, 0.15) is 5.82 Å². The molecule has 3 rings (SSSR count). The first-order valence-electron chi connectivity index (χ1n) is 5.53. The van der Waals surface area contributed by atoms with Gasteiger partial charge in [0.15, 0.2) is 5.65 Å². The number of aromatic nitrogens is 3. The number of aryl methyl sites for hydroxylation is 1. The van der Waals surface area contributed by atoms with Crippen molar-refractivity contribution in [2.24, 2.45) is 0 Å². The molecule has 0 spiro atoms. The number of anilines is 1. The van der Waals surface area contributed by atoms with Crippen molar-refractivity contribution in [3.8, 4) is 11.3 Å². The number of benzene rings is 1. The maximum Gasteiger partial charge on any atom is 0.183 e. The summed E-state index contributed by atoms with van der Waals surface area (Å²) >= 11 is 6.17. The summed E-state index contributed by atoms with van der Waals surface area (Å²) in [6, 6.07) is 9.57. The molecule has 0 fully saturated rings. The number of hydrogen-bond donors (Lipinski definition) is 2. The normalized spacial score (nSPS) is 11.0. The van der Waals surface area contributed by atoms with Gasteiger partial charge in [0, 0.05) is 10.6 Å². The van der Waals surface area contributed by atoms with Crippen molar-refractivity contribution in [1.82, 2.24) is 15.2 Å². The Morgan fingerprint density at radius 3 is 2.83 bits per heavy atom. The first-order valence-corrected chi connectivity index (χ1v) is 5.90. The molecule has 18 heavy (non-hydrogen) atoms. The lowest BCUT2D eigenvalue weighted by Crippen LogP contribution is -1.90. The molecule has 5 heteroatoms. The van der Waals surface area contributed by atoms with Crippen LogP contribution in [0, 0.1) is 6.92 Å². The van der Waals surface area contributed by atoms with Crippen molar-refractivity contribution in [3.05, 3.63) is 40.9 Å². The van der Waals surface area contributed by atoms with Crippen molar-refractivity contribution < 1.29 is 0 Å². The van der Waals surface area contributed by atoms with Crippen LogP contribution in [0.4, 0.5) is 5.82 Å². The lowest BCUT2D eigenvalue weighted by molar-refractivity contribution is 1.10. The Morgan fingerprint density at radius 2 is 2.06 bits per heavy atom. The van der Waals surface area contributed by atoms with E-state index in [0.717, 1.165) is 22.2 Å². The van der Waals surface area contributed by atoms with Crippen molar-refractivity contribution >= 4 is 28.5 Å². The van der Waals surface area contributed by atoms with Gasteiger partial charge in [-0.1, -0.05) is 29.8 Å². The predicted molar refractivity (Wildman–Crippen MR) is 73.5 cm³/mol. The number of hydrogen-bond acceptors (Lipinski definition) is 3. The van der Waals surface area contributed by atoms with Gasteiger partial charge >= 0.3 is 0 Å². The van der Waals surface area contributed by atoms with Gasteiger partial charge in [-0.3, -0.25) is 5.10 Å². The number of aromatic amines is 1. The molecule has 90 valence electrons. The maximum absolute atomic E-state index is 6.17. The lowest BCUT2D eigenvalue weighted by Gasteiger charge is -2.05. The van der Waals surface area contributed by atoms with Gasteiger partial charge in [0.25, 0.3) is 0 Å². The summed E-state index contributed by atoms with van der Waals surface area (Å²) in [5.74, 6) is 0.542. The number of fused-ring (bicyclic) bond motifs is 1. The summed E-state index contributed by atoms with van der Waals surface area (Å²) in [6.45, 7) is 1.98. The third kappa shape index (κ3) is 1.62. The van der Waals surface area contributed by atoms with E-state index in [9.17, 15) is 0 Å². The monoisotopic (exact) mass is 258 g/mol. The van der Waals surface area contributed by atoms with Crippen LogP contribution in [0.25, 0.3) is 22.3 Å². The third-order valence-electron chi connectivity index (χ3n) is 2.90. The van der Waals surface area contributed by atoms with Crippen LogP contribution < -0.4 is 5.73 Å². The van der Waals surface area contributed by atoms with Crippen LogP contribution in [-0.2, 0) is 0 Å². The van der Waals surface area contributed by atoms with Crippen LogP contribution in [0.2, 0.25) is 5.02 Å². The largest absolute Gasteiger partial charge is 0.384 e. The van der Waals surface area contributed by atoms with E-state index in [4.69, 9.17) is 17.3 Å². The Bertz CT molecular complexity index is 733. The average molecular weight is 259 g/mol. The molecule has 0 amide bonds. The number of nitrogens with one attached hydrogen (secondary N) is 1. The topological polar surface area (TPSA) is 67.6 Å². The summed E-state index contributed by atoms with van der Waals surface area (Å²) < 4.78 is 0. The number of nitrogens with two attached hydrogens (primary N) is 1. The van der Waals surface area contributed by atoms with Gasteiger partial charge in [0.05, 0.1) is 11.1 Å². The van der Waals surface area contributed by atoms with Crippen LogP contribution in [0.5, 0.6) is 0 Å². The Hall–Kier alpha value is -2.07. The predicted octanol–water partition coefficient (Wildman–Crippen LogP) is 3.17. The minimum Gasteiger partial charge on any atom is -0.384 e. The summed E-state index contributed by atoms with van der Waals surface area (Å²) in [6.07, 6.45) is 0. The Morgan fingerprint density at radius 1 is 1.28 bits per heavy atom. The quantitative estimate of drug-likeness (QED) is 0.704. The number of halogens is 1. The Kier molecular flexibility index (Phi) is 2.45. The summed E-state index contributed by atoms with van der Waals surface area (Å²) in [4.78, 5) is 4.48. The first-order chi connectivity index (χ1) is 8.66. The number of nitrogens with zero attached hydrogens (tertiary/aromatic N) is 2. The zero-order valence-corrected chi connectivity index (χ0v) is 10.5. The second-order valence-electron chi connectivity index (χ2n) is 4.14. The summed E-state index contributed by atoms with van der Waals surface area (Å²) in [5, 5.41) is 8.37. The summed E-state index contributed by atoms with van der Waals surface area (Å²) in [7, 11) is 0. The van der Waals surface area contributed by atoms with Gasteiger partial charge in [-0.15, -0.1) is 0 Å². The van der Waals surface area contributed by atoms with E-state index in [2.05, 4.69) is 15.2 Å². The van der Waals surface area contributed by atoms with Crippen molar-refractivity contribution in [2.75, 3.05) is 5.73 Å². The molecule has 3 N–H and O–H groups in total. The molecule has 0 bridgehead atoms. The smallest absolute Gasteiger partial charge is 0.183 e. The molecule has 0 radical (unpaired) electrons. The van der Waals surface area contributed by atoms with Gasteiger partial charge in [-0.05, 0) is 24.6 Å². The molecule has 2 aromatic heterocycles. The molecule has 0 atom stereocenters. The van der Waals surface area contributed by atoms with Crippen molar-refractivity contribution in [2.45, 2.75) is 6.92 Å². The van der Waals surface area contributed by atoms with E-state index >= 15 is 0 Å². The molecule has 4 nitrogen and oxygen atoms in total. The lowest BCUT2D eigenvalue weighted by atomic mass is 10.1. The van der Waals surface area contributed by atoms with Crippen LogP contribution in [0.15, 0.2) is 30.3 Å². The summed E-state index contributed by atoms with van der Waals surface area (Å²) in [5.41, 5.74) is 9.15. The molecule has 0 saturated carbocycles. The molecular formula is C13H11ClN4. The maximum atomic E-state index is 6.17. The van der Waals surface area contributed by atoms with E-state index < -0.39 is 0 Å². The average Bonchev–Trinajstić information content (AvgIpc) is 2.72. The van der Waals surface area contributed by atoms with Crippen LogP contribution in [-0.4, -0.2) is 15.2 Å². The van der Waals surface area contributed by atoms with E-state index in [1.807, 2.05) is 37.3 Å². The number of nitrogen functional groups attached to an aromatic ring is 1. The molecule has 0 aliphatic heterocycles. The third-order valence-corrected chi connectivity index (χ3v) is 3.23. The molecular weight excluding hydrogens is 248 g/mol. The fraction of sp³-hybridized carbons (Fsp3) is 0.0769.